The molecule has 3 atom stereocenters. The van der Waals surface area contributed by atoms with Crippen LogP contribution in [0, 0.1) is 6.92 Å². The summed E-state index contributed by atoms with van der Waals surface area (Å²) in [4.78, 5) is 45.1. The zero-order valence-corrected chi connectivity index (χ0v) is 23.3. The lowest BCUT2D eigenvalue weighted by Gasteiger charge is -2.32. The lowest BCUT2D eigenvalue weighted by molar-refractivity contribution is -0.120. The van der Waals surface area contributed by atoms with Gasteiger partial charge in [-0.3, -0.25) is 9.59 Å². The van der Waals surface area contributed by atoms with E-state index in [1.807, 2.05) is 6.07 Å². The number of rotatable bonds is 4. The largest absolute Gasteiger partial charge is 0.386 e. The predicted octanol–water partition coefficient (Wildman–Crippen LogP) is 4.79. The van der Waals surface area contributed by atoms with E-state index in [9.17, 15) is 19.5 Å². The van der Waals surface area contributed by atoms with Crippen LogP contribution >= 0.6 is 11.6 Å². The first-order valence-electron chi connectivity index (χ1n) is 13.2. The first-order valence-corrected chi connectivity index (χ1v) is 13.6. The third-order valence-corrected chi connectivity index (χ3v) is 8.52. The molecule has 0 bridgehead atoms. The van der Waals surface area contributed by atoms with Crippen molar-refractivity contribution in [3.63, 3.8) is 0 Å². The number of carbonyl (C=O) groups excluding carboxylic acids is 1. The number of hydrogen-bond acceptors (Lipinski definition) is 4. The van der Waals surface area contributed by atoms with E-state index < -0.39 is 40.8 Å². The van der Waals surface area contributed by atoms with Crippen molar-refractivity contribution in [2.45, 2.75) is 50.8 Å². The molecule has 2 aromatic heterocycles. The molecule has 0 aliphatic heterocycles. The van der Waals surface area contributed by atoms with E-state index in [0.717, 1.165) is 4.57 Å². The number of carbonyl (C=O) groups is 1. The number of alkyl halides is 1. The zero-order chi connectivity index (χ0) is 29.4. The smallest absolute Gasteiger partial charge is 0.333 e. The summed E-state index contributed by atoms with van der Waals surface area (Å²) >= 11 is 6.22. The Kier molecular flexibility index (Phi) is 6.20. The summed E-state index contributed by atoms with van der Waals surface area (Å²) in [5.41, 5.74) is 7.48. The minimum atomic E-state index is -1.48. The second-order valence-corrected chi connectivity index (χ2v) is 11.6. The topological polar surface area (TPSA) is 134 Å². The number of fused-ring (bicyclic) bond motifs is 4. The predicted molar refractivity (Wildman–Crippen MR) is 157 cm³/mol. The van der Waals surface area contributed by atoms with Gasteiger partial charge in [0.2, 0.25) is 5.91 Å². The summed E-state index contributed by atoms with van der Waals surface area (Å²) in [7, 11) is 0. The summed E-state index contributed by atoms with van der Waals surface area (Å²) in [5.74, 6) is -2.32. The maximum atomic E-state index is 16.2. The summed E-state index contributed by atoms with van der Waals surface area (Å²) in [6.45, 7) is 5.08. The highest BCUT2D eigenvalue weighted by Gasteiger charge is 2.42. The Bertz CT molecular complexity index is 2000. The number of halogens is 2. The fourth-order valence-corrected chi connectivity index (χ4v) is 6.36. The molecule has 5 aromatic rings. The van der Waals surface area contributed by atoms with Crippen LogP contribution in [-0.4, -0.2) is 31.7 Å². The van der Waals surface area contributed by atoms with E-state index in [-0.39, 0.29) is 22.3 Å². The molecule has 0 fully saturated rings. The van der Waals surface area contributed by atoms with Gasteiger partial charge in [0.05, 0.1) is 33.1 Å². The van der Waals surface area contributed by atoms with Crippen LogP contribution in [0.1, 0.15) is 60.1 Å². The summed E-state index contributed by atoms with van der Waals surface area (Å²) in [5, 5.41) is 11.7. The molecule has 10 heteroatoms. The molecule has 3 aromatic carbocycles. The molecule has 6 rings (SSSR count). The Morgan fingerprint density at radius 1 is 1.10 bits per heavy atom. The number of benzene rings is 3. The maximum Gasteiger partial charge on any atom is 0.333 e. The lowest BCUT2D eigenvalue weighted by atomic mass is 9.73. The molecule has 3 unspecified atom stereocenters. The van der Waals surface area contributed by atoms with Crippen molar-refractivity contribution in [2.24, 2.45) is 5.73 Å². The molecule has 0 saturated heterocycles. The first-order chi connectivity index (χ1) is 19.4. The van der Waals surface area contributed by atoms with Gasteiger partial charge >= 0.3 is 5.69 Å². The molecule has 210 valence electrons. The second-order valence-electron chi connectivity index (χ2n) is 11.2. The highest BCUT2D eigenvalue weighted by Crippen LogP contribution is 2.48. The zero-order valence-electron chi connectivity index (χ0n) is 22.6. The number of nitrogens with zero attached hydrogens (tertiary/aromatic N) is 1. The van der Waals surface area contributed by atoms with Crippen molar-refractivity contribution in [3.8, 4) is 5.69 Å². The first kappa shape index (κ1) is 27.0. The molecule has 0 radical (unpaired) electrons. The molecule has 41 heavy (non-hydrogen) atoms. The number of H-pyrrole nitrogens is 2. The lowest BCUT2D eigenvalue weighted by Crippen LogP contribution is -2.35. The highest BCUT2D eigenvalue weighted by atomic mass is 35.5. The number of nitrogens with one attached hydrogen (secondary N) is 2. The number of para-hydroxylation sites is 1. The van der Waals surface area contributed by atoms with Gasteiger partial charge in [0, 0.05) is 22.5 Å². The molecule has 0 spiro atoms. The standard InChI is InChI=1S/C31H28ClFN4O4/c1-14-16(6-5-9-23(14)37-29(39)18-7-4-8-20(32)26(18)36-30(37)40)24-21(33)13-19(28(34)38)27-25(24)17-11-10-15(31(2,3)41)12-22(17)35-27/h4-12,19,21,24,35,41H,13H2,1-3H3,(H2,34,38)(H,36,40). The van der Waals surface area contributed by atoms with Gasteiger partial charge in [-0.2, -0.15) is 0 Å². The van der Waals surface area contributed by atoms with Crippen molar-refractivity contribution in [1.82, 2.24) is 14.5 Å². The Morgan fingerprint density at radius 3 is 2.54 bits per heavy atom. The molecule has 2 heterocycles. The van der Waals surface area contributed by atoms with Crippen LogP contribution in [-0.2, 0) is 10.4 Å². The van der Waals surface area contributed by atoms with Crippen molar-refractivity contribution in [1.29, 1.82) is 0 Å². The van der Waals surface area contributed by atoms with E-state index in [4.69, 9.17) is 17.3 Å². The number of primary amides is 1. The minimum Gasteiger partial charge on any atom is -0.386 e. The van der Waals surface area contributed by atoms with E-state index >= 15 is 4.39 Å². The number of aromatic amines is 2. The molecular formula is C31H28ClFN4O4. The second kappa shape index (κ2) is 9.43. The van der Waals surface area contributed by atoms with Gasteiger partial charge in [-0.15, -0.1) is 0 Å². The number of aromatic nitrogens is 3. The van der Waals surface area contributed by atoms with Crippen LogP contribution < -0.4 is 17.0 Å². The van der Waals surface area contributed by atoms with Crippen LogP contribution in [0.3, 0.4) is 0 Å². The van der Waals surface area contributed by atoms with Gasteiger partial charge in [0.15, 0.2) is 0 Å². The van der Waals surface area contributed by atoms with Crippen molar-refractivity contribution in [2.75, 3.05) is 0 Å². The highest BCUT2D eigenvalue weighted by molar-refractivity contribution is 6.34. The van der Waals surface area contributed by atoms with Gasteiger partial charge < -0.3 is 20.8 Å². The molecule has 1 aliphatic rings. The van der Waals surface area contributed by atoms with Gasteiger partial charge in [0.1, 0.15) is 6.17 Å². The molecule has 1 aliphatic carbocycles. The van der Waals surface area contributed by atoms with Gasteiger partial charge in [-0.25, -0.2) is 13.8 Å². The van der Waals surface area contributed by atoms with Crippen LogP contribution in [0.5, 0.6) is 0 Å². The van der Waals surface area contributed by atoms with Crippen LogP contribution in [0.2, 0.25) is 5.02 Å². The normalized spacial score (nSPS) is 19.0. The average Bonchev–Trinajstić information content (AvgIpc) is 3.28. The molecular weight excluding hydrogens is 547 g/mol. The van der Waals surface area contributed by atoms with Gasteiger partial charge in [0.25, 0.3) is 5.56 Å². The third kappa shape index (κ3) is 4.19. The van der Waals surface area contributed by atoms with Crippen molar-refractivity contribution < 1.29 is 14.3 Å². The summed E-state index contributed by atoms with van der Waals surface area (Å²) < 4.78 is 17.2. The van der Waals surface area contributed by atoms with E-state index in [1.165, 1.54) is 0 Å². The quantitative estimate of drug-likeness (QED) is 0.245. The Hall–Kier alpha value is -4.21. The maximum absolute atomic E-state index is 16.2. The van der Waals surface area contributed by atoms with Crippen LogP contribution in [0.25, 0.3) is 27.5 Å². The van der Waals surface area contributed by atoms with E-state index in [0.29, 0.717) is 44.5 Å². The Morgan fingerprint density at radius 2 is 1.83 bits per heavy atom. The Labute approximate surface area is 238 Å². The average molecular weight is 575 g/mol. The molecule has 8 nitrogen and oxygen atoms in total. The summed E-state index contributed by atoms with van der Waals surface area (Å²) in [6, 6.07) is 15.3. The molecule has 1 amide bonds. The number of amides is 1. The molecule has 0 saturated carbocycles. The van der Waals surface area contributed by atoms with Crippen molar-refractivity contribution >= 4 is 39.3 Å². The third-order valence-electron chi connectivity index (χ3n) is 8.21. The van der Waals surface area contributed by atoms with E-state index in [2.05, 4.69) is 9.97 Å². The SMILES string of the molecule is Cc1c(C2c3c([nH]c4cc(C(C)(C)O)ccc34)C(C(N)=O)CC2F)cccc1-n1c(=O)[nH]c2c(Cl)cccc2c1=O. The monoisotopic (exact) mass is 574 g/mol. The number of nitrogens with two attached hydrogens (primary N) is 1. The fraction of sp³-hybridized carbons (Fsp3) is 0.258. The Balaban J connectivity index is 1.59. The van der Waals surface area contributed by atoms with E-state index in [1.54, 1.807) is 69.3 Å². The minimum absolute atomic E-state index is 0.128. The van der Waals surface area contributed by atoms with Crippen LogP contribution in [0.15, 0.2) is 64.2 Å². The molecule has 5 N–H and O–H groups in total. The number of hydrogen-bond donors (Lipinski definition) is 4. The van der Waals surface area contributed by atoms with Gasteiger partial charge in [-0.1, -0.05) is 41.9 Å². The number of aliphatic hydroxyl groups is 1. The van der Waals surface area contributed by atoms with Crippen molar-refractivity contribution in [3.05, 3.63) is 108 Å². The summed E-state index contributed by atoms with van der Waals surface area (Å²) in [6.07, 6.45) is -1.61. The van der Waals surface area contributed by atoms with Crippen LogP contribution in [0.4, 0.5) is 4.39 Å². The van der Waals surface area contributed by atoms with Gasteiger partial charge in [-0.05, 0) is 73.7 Å². The fourth-order valence-electron chi connectivity index (χ4n) is 6.14.